The quantitative estimate of drug-likeness (QED) is 0.866. The van der Waals surface area contributed by atoms with E-state index in [-0.39, 0.29) is 0 Å². The molecule has 5 rings (SSSR count). The van der Waals surface area contributed by atoms with Crippen molar-refractivity contribution in [2.45, 2.75) is 31.7 Å². The maximum absolute atomic E-state index is 5.39. The van der Waals surface area contributed by atoms with E-state index in [0.717, 1.165) is 25.4 Å². The molecule has 0 saturated carbocycles. The second-order valence-electron chi connectivity index (χ2n) is 7.78. The summed E-state index contributed by atoms with van der Waals surface area (Å²) in [6.07, 6.45) is 2.46. The molecule has 3 aliphatic heterocycles. The Morgan fingerprint density at radius 3 is 2.92 bits per heavy atom. The van der Waals surface area contributed by atoms with Gasteiger partial charge in [0.15, 0.2) is 0 Å². The third-order valence-corrected chi connectivity index (χ3v) is 6.31. The number of anilines is 2. The minimum absolute atomic E-state index is 0.607. The number of nitrogens with one attached hydrogen (secondary N) is 2. The van der Waals surface area contributed by atoms with Gasteiger partial charge in [-0.25, -0.2) is 0 Å². The molecule has 3 aliphatic rings. The first-order valence-electron chi connectivity index (χ1n) is 9.80. The lowest BCUT2D eigenvalue weighted by molar-refractivity contribution is 0.403. The summed E-state index contributed by atoms with van der Waals surface area (Å²) in [5, 5.41) is 7.33. The van der Waals surface area contributed by atoms with Crippen molar-refractivity contribution in [1.82, 2.24) is 5.32 Å². The molecule has 0 spiro atoms. The summed E-state index contributed by atoms with van der Waals surface area (Å²) >= 11 is 0. The van der Waals surface area contributed by atoms with Crippen LogP contribution in [0.2, 0.25) is 0 Å². The topological polar surface area (TPSA) is 36.5 Å². The van der Waals surface area contributed by atoms with E-state index in [2.05, 4.69) is 52.8 Å². The Kier molecular flexibility index (Phi) is 3.82. The molecular weight excluding hydrogens is 322 g/mol. The average Bonchev–Trinajstić information content (AvgIpc) is 2.83. The molecule has 3 heterocycles. The van der Waals surface area contributed by atoms with Gasteiger partial charge in [-0.05, 0) is 72.8 Å². The van der Waals surface area contributed by atoms with E-state index in [1.165, 1.54) is 53.0 Å². The summed E-state index contributed by atoms with van der Waals surface area (Å²) in [6, 6.07) is 11.9. The Balaban J connectivity index is 1.66. The van der Waals surface area contributed by atoms with Crippen molar-refractivity contribution < 1.29 is 4.74 Å². The number of nitrogens with zero attached hydrogens (tertiary/aromatic N) is 1. The van der Waals surface area contributed by atoms with Crippen LogP contribution < -0.4 is 20.3 Å². The number of aryl methyl sites for hydroxylation is 1. The lowest BCUT2D eigenvalue weighted by atomic mass is 9.87. The Morgan fingerprint density at radius 1 is 1.15 bits per heavy atom. The van der Waals surface area contributed by atoms with Crippen LogP contribution in [0.15, 0.2) is 30.3 Å². The number of fused-ring (bicyclic) bond motifs is 3. The van der Waals surface area contributed by atoms with Gasteiger partial charge in [0.1, 0.15) is 5.75 Å². The van der Waals surface area contributed by atoms with Gasteiger partial charge < -0.3 is 20.3 Å². The zero-order chi connectivity index (χ0) is 17.7. The fourth-order valence-corrected chi connectivity index (χ4v) is 5.09. The minimum atomic E-state index is 0.607. The fourth-order valence-electron chi connectivity index (χ4n) is 5.09. The maximum atomic E-state index is 5.39. The molecule has 4 heteroatoms. The number of benzene rings is 2. The minimum Gasteiger partial charge on any atom is -0.497 e. The average molecular weight is 349 g/mol. The van der Waals surface area contributed by atoms with Gasteiger partial charge in [-0.15, -0.1) is 0 Å². The van der Waals surface area contributed by atoms with Gasteiger partial charge in [-0.1, -0.05) is 6.07 Å². The predicted octanol–water partition coefficient (Wildman–Crippen LogP) is 3.75. The molecule has 0 bridgehead atoms. The molecule has 0 aromatic heterocycles. The van der Waals surface area contributed by atoms with Crippen molar-refractivity contribution >= 4 is 11.4 Å². The first kappa shape index (κ1) is 16.0. The second-order valence-corrected chi connectivity index (χ2v) is 7.78. The Morgan fingerprint density at radius 2 is 2.08 bits per heavy atom. The van der Waals surface area contributed by atoms with Crippen molar-refractivity contribution in [3.63, 3.8) is 0 Å². The fraction of sp³-hybridized carbons (Fsp3) is 0.455. The zero-order valence-electron chi connectivity index (χ0n) is 15.6. The first-order valence-corrected chi connectivity index (χ1v) is 9.80. The lowest BCUT2D eigenvalue weighted by Gasteiger charge is -2.33. The van der Waals surface area contributed by atoms with Gasteiger partial charge in [0.05, 0.1) is 18.5 Å². The van der Waals surface area contributed by atoms with E-state index in [1.54, 1.807) is 7.11 Å². The van der Waals surface area contributed by atoms with Gasteiger partial charge in [-0.2, -0.15) is 0 Å². The van der Waals surface area contributed by atoms with Crippen LogP contribution in [-0.4, -0.2) is 39.3 Å². The van der Waals surface area contributed by atoms with Crippen molar-refractivity contribution in [2.24, 2.45) is 0 Å². The molecule has 0 radical (unpaired) electrons. The molecule has 0 amide bonds. The van der Waals surface area contributed by atoms with E-state index in [0.29, 0.717) is 12.0 Å². The molecular formula is C22H27N3O. The van der Waals surface area contributed by atoms with Crippen LogP contribution in [0.1, 0.15) is 29.9 Å². The summed E-state index contributed by atoms with van der Waals surface area (Å²) in [7, 11) is 1.73. The van der Waals surface area contributed by atoms with E-state index in [9.17, 15) is 0 Å². The largest absolute Gasteiger partial charge is 0.497 e. The van der Waals surface area contributed by atoms with E-state index in [1.807, 2.05) is 0 Å². The van der Waals surface area contributed by atoms with E-state index >= 15 is 0 Å². The molecule has 2 aromatic carbocycles. The van der Waals surface area contributed by atoms with Gasteiger partial charge in [-0.3, -0.25) is 0 Å². The number of ether oxygens (including phenoxy) is 1. The summed E-state index contributed by atoms with van der Waals surface area (Å²) in [4.78, 5) is 2.70. The molecule has 136 valence electrons. The van der Waals surface area contributed by atoms with Crippen molar-refractivity contribution in [2.75, 3.05) is 43.5 Å². The van der Waals surface area contributed by atoms with Crippen LogP contribution in [0.3, 0.4) is 0 Å². The van der Waals surface area contributed by atoms with Crippen molar-refractivity contribution in [3.8, 4) is 16.9 Å². The maximum Gasteiger partial charge on any atom is 0.119 e. The normalized spacial score (nSPS) is 23.7. The second kappa shape index (κ2) is 6.20. The van der Waals surface area contributed by atoms with Gasteiger partial charge >= 0.3 is 0 Å². The number of methoxy groups -OCH3 is 1. The third kappa shape index (κ3) is 2.39. The highest BCUT2D eigenvalue weighted by atomic mass is 16.5. The predicted molar refractivity (Wildman–Crippen MR) is 108 cm³/mol. The zero-order valence-corrected chi connectivity index (χ0v) is 15.6. The molecule has 0 unspecified atom stereocenters. The summed E-state index contributed by atoms with van der Waals surface area (Å²) < 4.78 is 5.39. The summed E-state index contributed by atoms with van der Waals surface area (Å²) in [6.45, 7) is 6.64. The Labute approximate surface area is 155 Å². The number of hydrogen-bond acceptors (Lipinski definition) is 4. The van der Waals surface area contributed by atoms with Crippen LogP contribution in [0.25, 0.3) is 11.1 Å². The number of hydrogen-bond donors (Lipinski definition) is 2. The third-order valence-electron chi connectivity index (χ3n) is 6.31. The molecule has 1 saturated heterocycles. The number of piperidine rings is 1. The van der Waals surface area contributed by atoms with E-state index < -0.39 is 0 Å². The van der Waals surface area contributed by atoms with Gasteiger partial charge in [0.25, 0.3) is 0 Å². The Bertz CT molecular complexity index is 848. The standard InChI is InChI=1S/C22H27N3O/c1-14-10-16(26-2)4-5-17(14)15-11-18-19-13-23-8-6-21(19)25-9-3-7-24-20(12-15)22(18)25/h4-5,10-12,19,21,23-24H,3,6-9,13H2,1-2H3/t19-,21-/m0/s1. The van der Waals surface area contributed by atoms with E-state index in [4.69, 9.17) is 4.74 Å². The number of rotatable bonds is 2. The lowest BCUT2D eigenvalue weighted by Crippen LogP contribution is -2.44. The highest BCUT2D eigenvalue weighted by Crippen LogP contribution is 2.50. The SMILES string of the molecule is COc1ccc(-c2cc3c4c(c2)[C@@H]2CNCC[C@@H]2N4CCCN3)c(C)c1. The smallest absolute Gasteiger partial charge is 0.119 e. The van der Waals surface area contributed by atoms with Crippen molar-refractivity contribution in [1.29, 1.82) is 0 Å². The summed E-state index contributed by atoms with van der Waals surface area (Å²) in [5.41, 5.74) is 8.20. The van der Waals surface area contributed by atoms with Crippen LogP contribution in [0.5, 0.6) is 5.75 Å². The van der Waals surface area contributed by atoms with Crippen LogP contribution in [0, 0.1) is 6.92 Å². The first-order chi connectivity index (χ1) is 12.8. The highest BCUT2D eigenvalue weighted by Gasteiger charge is 2.41. The van der Waals surface area contributed by atoms with Gasteiger partial charge in [0, 0.05) is 31.6 Å². The molecule has 4 nitrogen and oxygen atoms in total. The Hall–Kier alpha value is -2.20. The molecule has 2 atom stereocenters. The van der Waals surface area contributed by atoms with Crippen LogP contribution in [-0.2, 0) is 0 Å². The van der Waals surface area contributed by atoms with Gasteiger partial charge in [0.2, 0.25) is 0 Å². The van der Waals surface area contributed by atoms with Crippen molar-refractivity contribution in [3.05, 3.63) is 41.5 Å². The van der Waals surface area contributed by atoms with Crippen LogP contribution in [0.4, 0.5) is 11.4 Å². The molecule has 2 N–H and O–H groups in total. The summed E-state index contributed by atoms with van der Waals surface area (Å²) in [5.74, 6) is 1.53. The molecule has 26 heavy (non-hydrogen) atoms. The molecule has 2 aromatic rings. The molecule has 1 fully saturated rings. The monoisotopic (exact) mass is 349 g/mol. The molecule has 0 aliphatic carbocycles. The van der Waals surface area contributed by atoms with Crippen LogP contribution >= 0.6 is 0 Å². The highest BCUT2D eigenvalue weighted by molar-refractivity contribution is 5.85.